The van der Waals surface area contributed by atoms with Crippen molar-refractivity contribution in [3.05, 3.63) is 24.1 Å². The zero-order valence-corrected chi connectivity index (χ0v) is 14.9. The molecule has 8 nitrogen and oxygen atoms in total. The topological polar surface area (TPSA) is 120 Å². The minimum atomic E-state index is -4.15. The van der Waals surface area contributed by atoms with Gasteiger partial charge in [-0.15, -0.1) is 0 Å². The number of hydrogen-bond donors (Lipinski definition) is 2. The lowest BCUT2D eigenvalue weighted by atomic mass is 10.1. The number of anilines is 1. The fourth-order valence-electron chi connectivity index (χ4n) is 2.89. The van der Waals surface area contributed by atoms with Crippen LogP contribution in [0.4, 0.5) is 18.9 Å². The van der Waals surface area contributed by atoms with E-state index in [4.69, 9.17) is 20.6 Å². The van der Waals surface area contributed by atoms with Crippen LogP contribution in [0.3, 0.4) is 0 Å². The second-order valence-corrected chi connectivity index (χ2v) is 6.51. The molecule has 1 fully saturated rings. The van der Waals surface area contributed by atoms with Crippen molar-refractivity contribution in [2.45, 2.75) is 31.5 Å². The summed E-state index contributed by atoms with van der Waals surface area (Å²) in [7, 11) is 0. The van der Waals surface area contributed by atoms with Crippen molar-refractivity contribution >= 4 is 11.6 Å². The fourth-order valence-corrected chi connectivity index (χ4v) is 2.89. The summed E-state index contributed by atoms with van der Waals surface area (Å²) in [5, 5.41) is 0. The molecular formula is C17H20F3N5O3. The summed E-state index contributed by atoms with van der Waals surface area (Å²) in [6.45, 7) is 1.03. The lowest BCUT2D eigenvalue weighted by Crippen LogP contribution is -2.39. The summed E-state index contributed by atoms with van der Waals surface area (Å²) in [6, 6.07) is 3.16. The van der Waals surface area contributed by atoms with Gasteiger partial charge < -0.3 is 25.5 Å². The van der Waals surface area contributed by atoms with Gasteiger partial charge in [-0.05, 0) is 18.9 Å². The molecule has 2 aromatic heterocycles. The van der Waals surface area contributed by atoms with E-state index in [9.17, 15) is 18.0 Å². The van der Waals surface area contributed by atoms with Gasteiger partial charge in [0, 0.05) is 25.7 Å². The highest BCUT2D eigenvalue weighted by molar-refractivity contribution is 5.91. The van der Waals surface area contributed by atoms with Crippen LogP contribution < -0.4 is 16.2 Å². The number of hydrogen-bond acceptors (Lipinski definition) is 7. The molecule has 152 valence electrons. The fraction of sp³-hybridized carbons (Fsp3) is 0.471. The van der Waals surface area contributed by atoms with E-state index >= 15 is 0 Å². The molecule has 3 heterocycles. The smallest absolute Gasteiger partial charge is 0.390 e. The van der Waals surface area contributed by atoms with Crippen LogP contribution in [0.5, 0.6) is 5.88 Å². The van der Waals surface area contributed by atoms with E-state index in [1.54, 1.807) is 17.0 Å². The first-order valence-corrected chi connectivity index (χ1v) is 8.69. The van der Waals surface area contributed by atoms with Crippen molar-refractivity contribution < 1.29 is 27.1 Å². The molecular weight excluding hydrogens is 379 g/mol. The van der Waals surface area contributed by atoms with Crippen LogP contribution in [0.2, 0.25) is 0 Å². The molecule has 1 saturated heterocycles. The Kier molecular flexibility index (Phi) is 5.73. The number of primary amides is 1. The van der Waals surface area contributed by atoms with Gasteiger partial charge >= 0.3 is 6.18 Å². The predicted octanol–water partition coefficient (Wildman–Crippen LogP) is 2.21. The number of pyridine rings is 1. The number of ether oxygens (including phenoxy) is 1. The highest BCUT2D eigenvalue weighted by Gasteiger charge is 2.29. The van der Waals surface area contributed by atoms with Gasteiger partial charge in [0.15, 0.2) is 11.4 Å². The van der Waals surface area contributed by atoms with Crippen LogP contribution >= 0.6 is 0 Å². The Morgan fingerprint density at radius 1 is 1.29 bits per heavy atom. The van der Waals surface area contributed by atoms with Crippen LogP contribution in [-0.2, 0) is 0 Å². The van der Waals surface area contributed by atoms with Crippen molar-refractivity contribution in [3.63, 3.8) is 0 Å². The summed E-state index contributed by atoms with van der Waals surface area (Å²) in [5.74, 6) is -0.409. The first-order chi connectivity index (χ1) is 13.2. The molecule has 0 aliphatic carbocycles. The van der Waals surface area contributed by atoms with E-state index in [0.29, 0.717) is 25.9 Å². The Balaban J connectivity index is 1.60. The number of piperidine rings is 1. The zero-order valence-electron chi connectivity index (χ0n) is 14.9. The number of nitrogen functional groups attached to an aromatic ring is 1. The van der Waals surface area contributed by atoms with Gasteiger partial charge in [0.05, 0.1) is 12.1 Å². The number of oxazole rings is 1. The average molecular weight is 399 g/mol. The Morgan fingerprint density at radius 2 is 2.00 bits per heavy atom. The van der Waals surface area contributed by atoms with E-state index in [1.165, 1.54) is 0 Å². The van der Waals surface area contributed by atoms with Gasteiger partial charge in [-0.1, -0.05) is 0 Å². The highest BCUT2D eigenvalue weighted by atomic mass is 19.4. The quantitative estimate of drug-likeness (QED) is 0.764. The molecule has 0 aromatic carbocycles. The van der Waals surface area contributed by atoms with Gasteiger partial charge in [0.2, 0.25) is 11.8 Å². The first kappa shape index (κ1) is 19.9. The van der Waals surface area contributed by atoms with Crippen molar-refractivity contribution in [1.82, 2.24) is 14.9 Å². The number of carbonyl (C=O) groups excluding carboxylic acids is 1. The third-order valence-electron chi connectivity index (χ3n) is 4.39. The molecule has 3 rings (SSSR count). The van der Waals surface area contributed by atoms with Crippen molar-refractivity contribution in [1.29, 1.82) is 0 Å². The first-order valence-electron chi connectivity index (χ1n) is 8.69. The lowest BCUT2D eigenvalue weighted by molar-refractivity contribution is -0.138. The van der Waals surface area contributed by atoms with E-state index in [2.05, 4.69) is 9.97 Å². The molecule has 11 heteroatoms. The summed E-state index contributed by atoms with van der Waals surface area (Å²) in [4.78, 5) is 21.1. The highest BCUT2D eigenvalue weighted by Crippen LogP contribution is 2.27. The number of rotatable bonds is 6. The minimum absolute atomic E-state index is 0.00710. The van der Waals surface area contributed by atoms with Gasteiger partial charge in [0.1, 0.15) is 12.4 Å². The summed E-state index contributed by atoms with van der Waals surface area (Å²) < 4.78 is 48.0. The van der Waals surface area contributed by atoms with E-state index < -0.39 is 18.5 Å². The molecule has 0 radical (unpaired) electrons. The van der Waals surface area contributed by atoms with Gasteiger partial charge in [-0.2, -0.15) is 13.2 Å². The third-order valence-corrected chi connectivity index (χ3v) is 4.39. The lowest BCUT2D eigenvalue weighted by Gasteiger charge is -2.32. The molecule has 1 amide bonds. The van der Waals surface area contributed by atoms with Crippen LogP contribution in [0, 0.1) is 0 Å². The number of nitrogens with zero attached hydrogens (tertiary/aromatic N) is 3. The second kappa shape index (κ2) is 8.05. The monoisotopic (exact) mass is 399 g/mol. The summed E-state index contributed by atoms with van der Waals surface area (Å²) in [5.41, 5.74) is 11.5. The number of halogens is 3. The maximum Gasteiger partial charge on any atom is 0.390 e. The van der Waals surface area contributed by atoms with Crippen molar-refractivity contribution in [3.8, 4) is 17.5 Å². The average Bonchev–Trinajstić information content (AvgIpc) is 3.12. The Labute approximate surface area is 158 Å². The minimum Gasteiger partial charge on any atom is -0.474 e. The second-order valence-electron chi connectivity index (χ2n) is 6.51. The Hall–Kier alpha value is -2.82. The number of alkyl halides is 3. The predicted molar refractivity (Wildman–Crippen MR) is 93.4 cm³/mol. The number of carbonyl (C=O) groups is 1. The third kappa shape index (κ3) is 5.12. The normalized spacial score (nSPS) is 16.2. The number of amides is 1. The molecule has 0 unspecified atom stereocenters. The SMILES string of the molecule is NC(=O)c1coc(-c2nc(OC3CCN(CCC(F)(F)F)CC3)ccc2N)n1. The molecule has 0 atom stereocenters. The summed E-state index contributed by atoms with van der Waals surface area (Å²) >= 11 is 0. The van der Waals surface area contributed by atoms with Gasteiger partial charge in [-0.3, -0.25) is 4.79 Å². The van der Waals surface area contributed by atoms with E-state index in [0.717, 1.165) is 6.26 Å². The van der Waals surface area contributed by atoms with Crippen LogP contribution in [0.25, 0.3) is 11.6 Å². The van der Waals surface area contributed by atoms with Crippen molar-refractivity contribution in [2.24, 2.45) is 5.73 Å². The molecule has 0 spiro atoms. The maximum atomic E-state index is 12.3. The van der Waals surface area contributed by atoms with Gasteiger partial charge in [0.25, 0.3) is 5.91 Å². The van der Waals surface area contributed by atoms with Crippen LogP contribution in [0.1, 0.15) is 29.8 Å². The van der Waals surface area contributed by atoms with E-state index in [-0.39, 0.29) is 41.5 Å². The number of likely N-dealkylation sites (tertiary alicyclic amines) is 1. The molecule has 28 heavy (non-hydrogen) atoms. The molecule has 2 aromatic rings. The number of nitrogens with two attached hydrogens (primary N) is 2. The number of aromatic nitrogens is 2. The molecule has 4 N–H and O–H groups in total. The summed E-state index contributed by atoms with van der Waals surface area (Å²) in [6.07, 6.45) is -2.84. The largest absolute Gasteiger partial charge is 0.474 e. The van der Waals surface area contributed by atoms with Gasteiger partial charge in [-0.25, -0.2) is 9.97 Å². The van der Waals surface area contributed by atoms with Crippen LogP contribution in [0.15, 0.2) is 22.8 Å². The Morgan fingerprint density at radius 3 is 2.61 bits per heavy atom. The Bertz CT molecular complexity index is 832. The molecule has 1 aliphatic rings. The standard InChI is InChI=1S/C17H20F3N5O3/c18-17(19,20)5-8-25-6-3-10(4-7-25)28-13-2-1-11(21)14(24-13)16-23-12(9-27-16)15(22)26/h1-2,9-10H,3-8,21H2,(H2,22,26). The molecule has 1 aliphatic heterocycles. The maximum absolute atomic E-state index is 12.3. The molecule has 0 saturated carbocycles. The molecule has 0 bridgehead atoms. The van der Waals surface area contributed by atoms with E-state index in [1.807, 2.05) is 0 Å². The van der Waals surface area contributed by atoms with Crippen LogP contribution in [-0.4, -0.2) is 52.7 Å². The zero-order chi connectivity index (χ0) is 20.3. The van der Waals surface area contributed by atoms with Crippen molar-refractivity contribution in [2.75, 3.05) is 25.4 Å².